The molecule has 0 saturated carbocycles. The molecule has 2 aromatic carbocycles. The number of carbonyl (C=O) groups is 1. The lowest BCUT2D eigenvalue weighted by Gasteiger charge is -2.11. The van der Waals surface area contributed by atoms with Gasteiger partial charge >= 0.3 is 0 Å². The van der Waals surface area contributed by atoms with Crippen LogP contribution in [-0.2, 0) is 13.6 Å². The van der Waals surface area contributed by atoms with E-state index in [0.29, 0.717) is 17.3 Å². The van der Waals surface area contributed by atoms with E-state index in [9.17, 15) is 14.0 Å². The third-order valence-corrected chi connectivity index (χ3v) is 3.73. The number of hydrogen-bond donors (Lipinski definition) is 1. The average Bonchev–Trinajstić information content (AvgIpc) is 2.56. The van der Waals surface area contributed by atoms with Gasteiger partial charge in [-0.05, 0) is 35.2 Å². The first-order chi connectivity index (χ1) is 11.1. The second-order valence-corrected chi connectivity index (χ2v) is 5.29. The van der Waals surface area contributed by atoms with E-state index in [1.807, 2.05) is 30.3 Å². The zero-order valence-corrected chi connectivity index (χ0v) is 12.5. The summed E-state index contributed by atoms with van der Waals surface area (Å²) in [5, 5.41) is 3.57. The summed E-state index contributed by atoms with van der Waals surface area (Å²) in [4.78, 5) is 24.7. The van der Waals surface area contributed by atoms with Gasteiger partial charge in [0, 0.05) is 19.0 Å². The number of nitrogens with one attached hydrogen (secondary N) is 1. The highest BCUT2D eigenvalue weighted by atomic mass is 19.1. The van der Waals surface area contributed by atoms with Gasteiger partial charge in [-0.15, -0.1) is 0 Å². The number of carbonyl (C=O) groups excluding carboxylic acids is 1. The van der Waals surface area contributed by atoms with Crippen molar-refractivity contribution >= 4 is 16.7 Å². The Labute approximate surface area is 132 Å². The molecule has 0 atom stereocenters. The van der Waals surface area contributed by atoms with Gasteiger partial charge in [0.15, 0.2) is 0 Å². The van der Waals surface area contributed by atoms with E-state index in [-0.39, 0.29) is 17.2 Å². The van der Waals surface area contributed by atoms with E-state index in [1.165, 1.54) is 35.9 Å². The molecule has 0 aliphatic rings. The number of pyridine rings is 1. The molecule has 1 heterocycles. The molecule has 23 heavy (non-hydrogen) atoms. The third-order valence-electron chi connectivity index (χ3n) is 3.73. The van der Waals surface area contributed by atoms with Gasteiger partial charge in [0.05, 0.1) is 0 Å². The molecule has 0 spiro atoms. The molecule has 1 aromatic heterocycles. The highest BCUT2D eigenvalue weighted by Gasteiger charge is 2.13. The topological polar surface area (TPSA) is 51.1 Å². The molecule has 0 aliphatic heterocycles. The molecule has 116 valence electrons. The van der Waals surface area contributed by atoms with Crippen LogP contribution in [0.1, 0.15) is 16.1 Å². The number of aromatic nitrogens is 1. The van der Waals surface area contributed by atoms with E-state index in [2.05, 4.69) is 5.32 Å². The number of nitrogens with zero attached hydrogens (tertiary/aromatic N) is 1. The molecular formula is C18H15FN2O2. The summed E-state index contributed by atoms with van der Waals surface area (Å²) >= 11 is 0. The van der Waals surface area contributed by atoms with Crippen LogP contribution in [0.25, 0.3) is 10.8 Å². The Morgan fingerprint density at radius 2 is 1.87 bits per heavy atom. The molecule has 1 amide bonds. The highest BCUT2D eigenvalue weighted by Crippen LogP contribution is 2.14. The molecule has 0 aliphatic carbocycles. The van der Waals surface area contributed by atoms with E-state index in [0.717, 1.165) is 5.56 Å². The molecule has 3 aromatic rings. The predicted octanol–water partition coefficient (Wildman–Crippen LogP) is 2.61. The number of amides is 1. The standard InChI is InChI=1S/C18H15FN2O2/c1-21-16(17(22)20-11-12-5-3-2-4-6-12)10-13-9-14(19)7-8-15(13)18(21)23/h2-10H,11H2,1H3,(H,20,22). The maximum atomic E-state index is 13.4. The summed E-state index contributed by atoms with van der Waals surface area (Å²) in [5.41, 5.74) is 0.828. The van der Waals surface area contributed by atoms with Crippen LogP contribution in [-0.4, -0.2) is 10.5 Å². The van der Waals surface area contributed by atoms with Crippen LogP contribution in [0.3, 0.4) is 0 Å². The molecule has 4 nitrogen and oxygen atoms in total. The van der Waals surface area contributed by atoms with Gasteiger partial charge in [-0.3, -0.25) is 9.59 Å². The van der Waals surface area contributed by atoms with E-state index < -0.39 is 5.82 Å². The summed E-state index contributed by atoms with van der Waals surface area (Å²) in [6, 6.07) is 14.9. The van der Waals surface area contributed by atoms with Gasteiger partial charge in [-0.1, -0.05) is 30.3 Å². The zero-order chi connectivity index (χ0) is 16.4. The molecule has 3 rings (SSSR count). The van der Waals surface area contributed by atoms with E-state index >= 15 is 0 Å². The van der Waals surface area contributed by atoms with Gasteiger partial charge in [-0.2, -0.15) is 0 Å². The lowest BCUT2D eigenvalue weighted by atomic mass is 10.1. The van der Waals surface area contributed by atoms with Crippen molar-refractivity contribution in [1.29, 1.82) is 0 Å². The summed E-state index contributed by atoms with van der Waals surface area (Å²) in [5.74, 6) is -0.819. The van der Waals surface area contributed by atoms with Crippen LogP contribution < -0.4 is 10.9 Å². The van der Waals surface area contributed by atoms with E-state index in [1.54, 1.807) is 0 Å². The van der Waals surface area contributed by atoms with Gasteiger partial charge in [0.25, 0.3) is 11.5 Å². The molecule has 0 bridgehead atoms. The van der Waals surface area contributed by atoms with Gasteiger partial charge < -0.3 is 9.88 Å². The first-order valence-electron chi connectivity index (χ1n) is 7.17. The van der Waals surface area contributed by atoms with Crippen molar-refractivity contribution in [3.63, 3.8) is 0 Å². The Kier molecular flexibility index (Phi) is 3.93. The van der Waals surface area contributed by atoms with Gasteiger partial charge in [-0.25, -0.2) is 4.39 Å². The maximum absolute atomic E-state index is 13.4. The van der Waals surface area contributed by atoms with Crippen LogP contribution in [0.2, 0.25) is 0 Å². The lowest BCUT2D eigenvalue weighted by molar-refractivity contribution is 0.0941. The van der Waals surface area contributed by atoms with Crippen molar-refractivity contribution in [3.05, 3.63) is 82.0 Å². The predicted molar refractivity (Wildman–Crippen MR) is 86.8 cm³/mol. The Morgan fingerprint density at radius 3 is 2.61 bits per heavy atom. The fourth-order valence-electron chi connectivity index (χ4n) is 2.47. The summed E-state index contributed by atoms with van der Waals surface area (Å²) in [7, 11) is 1.53. The second kappa shape index (κ2) is 6.04. The van der Waals surface area contributed by atoms with Crippen LogP contribution in [0.4, 0.5) is 4.39 Å². The molecule has 0 fully saturated rings. The molecule has 0 radical (unpaired) electrons. The Bertz CT molecular complexity index is 933. The molecular weight excluding hydrogens is 295 g/mol. The first kappa shape index (κ1) is 15.0. The van der Waals surface area contributed by atoms with Crippen LogP contribution >= 0.6 is 0 Å². The Balaban J connectivity index is 1.94. The smallest absolute Gasteiger partial charge is 0.268 e. The van der Waals surface area contributed by atoms with Crippen molar-refractivity contribution in [2.45, 2.75) is 6.54 Å². The SMILES string of the molecule is Cn1c(C(=O)NCc2ccccc2)cc2cc(F)ccc2c1=O. The third kappa shape index (κ3) is 2.99. The highest BCUT2D eigenvalue weighted by molar-refractivity contribution is 5.96. The van der Waals surface area contributed by atoms with Crippen molar-refractivity contribution < 1.29 is 9.18 Å². The monoisotopic (exact) mass is 310 g/mol. The van der Waals surface area contributed by atoms with Crippen LogP contribution in [0, 0.1) is 5.82 Å². The van der Waals surface area contributed by atoms with Crippen molar-refractivity contribution in [3.8, 4) is 0 Å². The minimum Gasteiger partial charge on any atom is -0.347 e. The normalized spacial score (nSPS) is 10.7. The van der Waals surface area contributed by atoms with Crippen LogP contribution in [0.15, 0.2) is 59.4 Å². The molecule has 0 unspecified atom stereocenters. The number of hydrogen-bond acceptors (Lipinski definition) is 2. The summed E-state index contributed by atoms with van der Waals surface area (Å²) in [6.45, 7) is 0.356. The second-order valence-electron chi connectivity index (χ2n) is 5.29. The Morgan fingerprint density at radius 1 is 1.13 bits per heavy atom. The van der Waals surface area contributed by atoms with Crippen molar-refractivity contribution in [2.75, 3.05) is 0 Å². The van der Waals surface area contributed by atoms with Gasteiger partial charge in [0.2, 0.25) is 0 Å². The first-order valence-corrected chi connectivity index (χ1v) is 7.17. The van der Waals surface area contributed by atoms with Crippen molar-refractivity contribution in [1.82, 2.24) is 9.88 Å². The van der Waals surface area contributed by atoms with E-state index in [4.69, 9.17) is 0 Å². The fourth-order valence-corrected chi connectivity index (χ4v) is 2.47. The fraction of sp³-hybridized carbons (Fsp3) is 0.111. The van der Waals surface area contributed by atoms with Crippen LogP contribution in [0.5, 0.6) is 0 Å². The zero-order valence-electron chi connectivity index (χ0n) is 12.5. The van der Waals surface area contributed by atoms with Gasteiger partial charge in [0.1, 0.15) is 11.5 Å². The lowest BCUT2D eigenvalue weighted by Crippen LogP contribution is -2.30. The largest absolute Gasteiger partial charge is 0.347 e. The van der Waals surface area contributed by atoms with Crippen molar-refractivity contribution in [2.24, 2.45) is 7.05 Å². The summed E-state index contributed by atoms with van der Waals surface area (Å²) < 4.78 is 14.6. The molecule has 1 N–H and O–H groups in total. The number of fused-ring (bicyclic) bond motifs is 1. The minimum absolute atomic E-state index is 0.198. The minimum atomic E-state index is -0.443. The summed E-state index contributed by atoms with van der Waals surface area (Å²) in [6.07, 6.45) is 0. The quantitative estimate of drug-likeness (QED) is 0.808. The molecule has 5 heteroatoms. The average molecular weight is 310 g/mol. The Hall–Kier alpha value is -2.95. The number of benzene rings is 2. The number of rotatable bonds is 3. The number of halogens is 1. The molecule has 0 saturated heterocycles. The maximum Gasteiger partial charge on any atom is 0.268 e.